The third kappa shape index (κ3) is 2.38. The Balaban J connectivity index is 2.22. The molecule has 0 fully saturated rings. The molecular formula is C11H13BFNO4. The molecule has 0 saturated carbocycles. The molecule has 0 radical (unpaired) electrons. The Kier molecular flexibility index (Phi) is 3.65. The van der Waals surface area contributed by atoms with Crippen LogP contribution < -0.4 is 11.2 Å². The molecule has 1 aliphatic rings. The summed E-state index contributed by atoms with van der Waals surface area (Å²) in [5, 5.41) is 9.42. The van der Waals surface area contributed by atoms with Crippen molar-refractivity contribution in [3.05, 3.63) is 29.1 Å². The molecule has 1 aromatic rings. The zero-order valence-corrected chi connectivity index (χ0v) is 9.85. The molecule has 18 heavy (non-hydrogen) atoms. The monoisotopic (exact) mass is 253 g/mol. The van der Waals surface area contributed by atoms with Gasteiger partial charge in [-0.2, -0.15) is 0 Å². The number of halogens is 1. The molecule has 5 nitrogen and oxygen atoms in total. The lowest BCUT2D eigenvalue weighted by Crippen LogP contribution is -2.34. The second-order valence-corrected chi connectivity index (χ2v) is 4.14. The van der Waals surface area contributed by atoms with Gasteiger partial charge in [-0.05, 0) is 22.7 Å². The Labute approximate surface area is 104 Å². The quantitative estimate of drug-likeness (QED) is 0.538. The summed E-state index contributed by atoms with van der Waals surface area (Å²) < 4.78 is 23.2. The molecule has 1 heterocycles. The number of rotatable bonds is 3. The molecule has 0 aliphatic carbocycles. The first kappa shape index (κ1) is 13.0. The molecule has 96 valence electrons. The van der Waals surface area contributed by atoms with Gasteiger partial charge in [0.25, 0.3) is 0 Å². The summed E-state index contributed by atoms with van der Waals surface area (Å²) in [6.45, 7) is 0.219. The van der Waals surface area contributed by atoms with E-state index in [9.17, 15) is 14.2 Å². The zero-order valence-electron chi connectivity index (χ0n) is 9.85. The SMILES string of the molecule is COC(=O)C(N)Cc1cc2c(cc1F)B(O)OC2. The average Bonchev–Trinajstić information content (AvgIpc) is 2.70. The smallest absolute Gasteiger partial charge is 0.468 e. The van der Waals surface area contributed by atoms with Crippen LogP contribution in [0, 0.1) is 5.82 Å². The molecular weight excluding hydrogens is 240 g/mol. The highest BCUT2D eigenvalue weighted by atomic mass is 19.1. The zero-order chi connectivity index (χ0) is 13.3. The van der Waals surface area contributed by atoms with Gasteiger partial charge in [0.15, 0.2) is 0 Å². The maximum atomic E-state index is 13.8. The average molecular weight is 253 g/mol. The number of esters is 1. The summed E-state index contributed by atoms with van der Waals surface area (Å²) in [6.07, 6.45) is 0.0435. The van der Waals surface area contributed by atoms with Crippen LogP contribution in [0.2, 0.25) is 0 Å². The van der Waals surface area contributed by atoms with Crippen LogP contribution in [0.4, 0.5) is 4.39 Å². The normalized spacial score (nSPS) is 15.4. The number of hydrogen-bond donors (Lipinski definition) is 2. The molecule has 7 heteroatoms. The van der Waals surface area contributed by atoms with Crippen LogP contribution in [-0.2, 0) is 27.2 Å². The molecule has 1 aliphatic heterocycles. The van der Waals surface area contributed by atoms with Crippen LogP contribution in [0.5, 0.6) is 0 Å². The number of hydrogen-bond acceptors (Lipinski definition) is 5. The number of fused-ring (bicyclic) bond motifs is 1. The second-order valence-electron chi connectivity index (χ2n) is 4.14. The van der Waals surface area contributed by atoms with E-state index in [0.717, 1.165) is 0 Å². The first-order chi connectivity index (χ1) is 8.52. The lowest BCUT2D eigenvalue weighted by molar-refractivity contribution is -0.142. The molecule has 0 spiro atoms. The van der Waals surface area contributed by atoms with E-state index in [-0.39, 0.29) is 13.0 Å². The Bertz CT molecular complexity index is 482. The van der Waals surface area contributed by atoms with Gasteiger partial charge in [-0.25, -0.2) is 4.39 Å². The largest absolute Gasteiger partial charge is 0.491 e. The lowest BCUT2D eigenvalue weighted by atomic mass is 9.78. The van der Waals surface area contributed by atoms with Crippen LogP contribution in [0.3, 0.4) is 0 Å². The summed E-state index contributed by atoms with van der Waals surface area (Å²) in [5.41, 5.74) is 7.01. The van der Waals surface area contributed by atoms with Crippen LogP contribution in [0.25, 0.3) is 0 Å². The van der Waals surface area contributed by atoms with Gasteiger partial charge in [0.2, 0.25) is 0 Å². The van der Waals surface area contributed by atoms with Crippen molar-refractivity contribution in [2.45, 2.75) is 19.1 Å². The van der Waals surface area contributed by atoms with E-state index >= 15 is 0 Å². The molecule has 1 aromatic carbocycles. The van der Waals surface area contributed by atoms with Crippen molar-refractivity contribution in [3.63, 3.8) is 0 Å². The Morgan fingerprint density at radius 3 is 3.11 bits per heavy atom. The van der Waals surface area contributed by atoms with E-state index in [1.54, 1.807) is 6.07 Å². The molecule has 2 rings (SSSR count). The molecule has 0 amide bonds. The van der Waals surface area contributed by atoms with E-state index in [1.165, 1.54) is 13.2 Å². The van der Waals surface area contributed by atoms with Gasteiger partial charge in [-0.1, -0.05) is 6.07 Å². The fourth-order valence-electron chi connectivity index (χ4n) is 1.93. The van der Waals surface area contributed by atoms with Crippen molar-refractivity contribution < 1.29 is 23.6 Å². The van der Waals surface area contributed by atoms with Gasteiger partial charge in [0, 0.05) is 6.42 Å². The predicted molar refractivity (Wildman–Crippen MR) is 62.5 cm³/mol. The van der Waals surface area contributed by atoms with Crippen molar-refractivity contribution in [1.82, 2.24) is 0 Å². The van der Waals surface area contributed by atoms with Gasteiger partial charge in [-0.15, -0.1) is 0 Å². The van der Waals surface area contributed by atoms with E-state index in [2.05, 4.69) is 4.74 Å². The fourth-order valence-corrected chi connectivity index (χ4v) is 1.93. The van der Waals surface area contributed by atoms with Crippen LogP contribution >= 0.6 is 0 Å². The van der Waals surface area contributed by atoms with Crippen LogP contribution in [-0.4, -0.2) is 31.3 Å². The second kappa shape index (κ2) is 5.05. The Hall–Kier alpha value is -1.44. The maximum absolute atomic E-state index is 13.8. The number of carbonyl (C=O) groups is 1. The minimum atomic E-state index is -1.09. The molecule has 0 saturated heterocycles. The summed E-state index contributed by atoms with van der Waals surface area (Å²) in [5.74, 6) is -1.11. The van der Waals surface area contributed by atoms with Crippen LogP contribution in [0.15, 0.2) is 12.1 Å². The fraction of sp³-hybridized carbons (Fsp3) is 0.364. The molecule has 0 aromatic heterocycles. The first-order valence-corrected chi connectivity index (χ1v) is 5.47. The number of benzene rings is 1. The minimum Gasteiger partial charge on any atom is -0.468 e. The molecule has 1 unspecified atom stereocenters. The Morgan fingerprint density at radius 2 is 2.44 bits per heavy atom. The van der Waals surface area contributed by atoms with E-state index in [0.29, 0.717) is 16.6 Å². The van der Waals surface area contributed by atoms with Crippen molar-refractivity contribution in [3.8, 4) is 0 Å². The predicted octanol–water partition coefficient (Wildman–Crippen LogP) is -0.914. The number of ether oxygens (including phenoxy) is 1. The van der Waals surface area contributed by atoms with Gasteiger partial charge in [0.1, 0.15) is 11.9 Å². The van der Waals surface area contributed by atoms with E-state index < -0.39 is 24.9 Å². The summed E-state index contributed by atoms with van der Waals surface area (Å²) in [4.78, 5) is 11.2. The highest BCUT2D eigenvalue weighted by Gasteiger charge is 2.29. The summed E-state index contributed by atoms with van der Waals surface area (Å²) in [7, 11) is 0.142. The third-order valence-electron chi connectivity index (χ3n) is 2.91. The lowest BCUT2D eigenvalue weighted by Gasteiger charge is -2.11. The van der Waals surface area contributed by atoms with Gasteiger partial charge in [0.05, 0.1) is 13.7 Å². The van der Waals surface area contributed by atoms with Crippen LogP contribution in [0.1, 0.15) is 11.1 Å². The van der Waals surface area contributed by atoms with E-state index in [1.807, 2.05) is 0 Å². The first-order valence-electron chi connectivity index (χ1n) is 5.47. The standard InChI is InChI=1S/C11H13BFNO4/c1-17-11(15)10(14)3-6-2-7-5-18-12(16)8(7)4-9(6)13/h2,4,10,16H,3,5,14H2,1H3. The molecule has 3 N–H and O–H groups in total. The highest BCUT2D eigenvalue weighted by molar-refractivity contribution is 6.61. The Morgan fingerprint density at radius 1 is 1.72 bits per heavy atom. The van der Waals surface area contributed by atoms with Crippen molar-refractivity contribution in [2.24, 2.45) is 5.73 Å². The van der Waals surface area contributed by atoms with Crippen molar-refractivity contribution >= 4 is 18.6 Å². The van der Waals surface area contributed by atoms with Gasteiger partial charge in [-0.3, -0.25) is 4.79 Å². The minimum absolute atomic E-state index is 0.0435. The summed E-state index contributed by atoms with van der Waals surface area (Å²) >= 11 is 0. The molecule has 1 atom stereocenters. The number of nitrogens with two attached hydrogens (primary N) is 1. The highest BCUT2D eigenvalue weighted by Crippen LogP contribution is 2.16. The summed E-state index contributed by atoms with van der Waals surface area (Å²) in [6, 6.07) is 1.87. The number of methoxy groups -OCH3 is 1. The van der Waals surface area contributed by atoms with Gasteiger partial charge >= 0.3 is 13.1 Å². The topological polar surface area (TPSA) is 81.8 Å². The van der Waals surface area contributed by atoms with E-state index in [4.69, 9.17) is 10.4 Å². The van der Waals surface area contributed by atoms with Gasteiger partial charge < -0.3 is 20.1 Å². The van der Waals surface area contributed by atoms with Crippen molar-refractivity contribution in [2.75, 3.05) is 7.11 Å². The maximum Gasteiger partial charge on any atom is 0.491 e. The molecule has 0 bridgehead atoms. The third-order valence-corrected chi connectivity index (χ3v) is 2.91. The number of carbonyl (C=O) groups excluding carboxylic acids is 1. The van der Waals surface area contributed by atoms with Crippen molar-refractivity contribution in [1.29, 1.82) is 0 Å².